The van der Waals surface area contributed by atoms with Gasteiger partial charge in [0.05, 0.1) is 19.6 Å². The van der Waals surface area contributed by atoms with E-state index < -0.39 is 0 Å². The Labute approximate surface area is 131 Å². The van der Waals surface area contributed by atoms with Gasteiger partial charge in [0.1, 0.15) is 0 Å². The normalized spacial score (nSPS) is 13.7. The molecule has 0 aliphatic rings. The molecule has 0 heterocycles. The van der Waals surface area contributed by atoms with E-state index in [4.69, 9.17) is 0 Å². The molecule has 0 aromatic carbocycles. The number of nitrogens with zero attached hydrogens (tertiary/aromatic N) is 1. The number of unbranched alkanes of at least 4 members (excludes halogenated alkanes) is 2. The van der Waals surface area contributed by atoms with Crippen LogP contribution in [0.25, 0.3) is 0 Å². The minimum absolute atomic E-state index is 0.244. The number of esters is 1. The lowest BCUT2D eigenvalue weighted by Gasteiger charge is -2.16. The fourth-order valence-electron chi connectivity index (χ4n) is 1.64. The minimum atomic E-state index is -0.305. The second kappa shape index (κ2) is 15.5. The molecule has 0 bridgehead atoms. The van der Waals surface area contributed by atoms with Crippen LogP contribution in [0.3, 0.4) is 0 Å². The summed E-state index contributed by atoms with van der Waals surface area (Å²) in [6.07, 6.45) is 8.90. The molecule has 4 nitrogen and oxygen atoms in total. The number of hydrogen-bond acceptors (Lipinski definition) is 4. The van der Waals surface area contributed by atoms with Crippen LogP contribution in [0.5, 0.6) is 0 Å². The molecular weight excluding hydrogens is 266 g/mol. The van der Waals surface area contributed by atoms with E-state index in [1.54, 1.807) is 6.08 Å². The smallest absolute Gasteiger partial charge is 0.309 e. The van der Waals surface area contributed by atoms with E-state index >= 15 is 0 Å². The van der Waals surface area contributed by atoms with Gasteiger partial charge in [-0.25, -0.2) is 0 Å². The lowest BCUT2D eigenvalue weighted by atomic mass is 9.95. The van der Waals surface area contributed by atoms with Gasteiger partial charge in [0.15, 0.2) is 0 Å². The Morgan fingerprint density at radius 2 is 1.81 bits per heavy atom. The molecule has 0 aromatic rings. The van der Waals surface area contributed by atoms with Gasteiger partial charge < -0.3 is 14.7 Å². The van der Waals surface area contributed by atoms with E-state index in [9.17, 15) is 9.90 Å². The van der Waals surface area contributed by atoms with Gasteiger partial charge in [0, 0.05) is 0 Å². The van der Waals surface area contributed by atoms with Crippen LogP contribution < -0.4 is 0 Å². The van der Waals surface area contributed by atoms with Crippen molar-refractivity contribution in [3.8, 4) is 0 Å². The van der Waals surface area contributed by atoms with Gasteiger partial charge in [-0.2, -0.15) is 0 Å². The van der Waals surface area contributed by atoms with Crippen LogP contribution in [0, 0.1) is 5.92 Å². The van der Waals surface area contributed by atoms with Crippen LogP contribution in [0.2, 0.25) is 0 Å². The average Bonchev–Trinajstić information content (AvgIpc) is 2.42. The molecule has 126 valence electrons. The van der Waals surface area contributed by atoms with Crippen molar-refractivity contribution >= 4 is 5.97 Å². The summed E-state index contributed by atoms with van der Waals surface area (Å²) in [5.41, 5.74) is 0. The molecule has 0 spiro atoms. The van der Waals surface area contributed by atoms with Crippen molar-refractivity contribution < 1.29 is 14.6 Å². The summed E-state index contributed by atoms with van der Waals surface area (Å²) in [5, 5.41) is 9.87. The van der Waals surface area contributed by atoms with Crippen molar-refractivity contribution in [3.05, 3.63) is 12.2 Å². The Morgan fingerprint density at radius 3 is 2.29 bits per heavy atom. The third-order valence-electron chi connectivity index (χ3n) is 2.98. The number of methoxy groups -OCH3 is 1. The van der Waals surface area contributed by atoms with Crippen LogP contribution in [-0.4, -0.2) is 50.3 Å². The molecule has 21 heavy (non-hydrogen) atoms. The molecule has 0 rings (SSSR count). The lowest BCUT2D eigenvalue weighted by molar-refractivity contribution is -0.139. The van der Waals surface area contributed by atoms with Crippen molar-refractivity contribution in [3.63, 3.8) is 0 Å². The van der Waals surface area contributed by atoms with E-state index in [2.05, 4.69) is 18.6 Å². The van der Waals surface area contributed by atoms with Gasteiger partial charge >= 0.3 is 5.97 Å². The number of aliphatic hydroxyl groups excluding tert-OH is 1. The first-order chi connectivity index (χ1) is 9.84. The van der Waals surface area contributed by atoms with Gasteiger partial charge in [-0.1, -0.05) is 45.3 Å². The third-order valence-corrected chi connectivity index (χ3v) is 2.98. The zero-order chi connectivity index (χ0) is 16.7. The SMILES string of the molecule is CCCCCC(C)C(O)C/C=C/CC(=O)OC.CN(C)C. The highest BCUT2D eigenvalue weighted by molar-refractivity contribution is 5.70. The second-order valence-electron chi connectivity index (χ2n) is 5.87. The largest absolute Gasteiger partial charge is 0.469 e. The van der Waals surface area contributed by atoms with E-state index in [1.165, 1.54) is 26.4 Å². The van der Waals surface area contributed by atoms with Crippen molar-refractivity contribution in [2.75, 3.05) is 28.3 Å². The number of carbonyl (C=O) groups is 1. The molecular formula is C17H35NO3. The number of hydrogen-bond donors (Lipinski definition) is 1. The van der Waals surface area contributed by atoms with E-state index in [0.29, 0.717) is 12.3 Å². The highest BCUT2D eigenvalue weighted by atomic mass is 16.5. The maximum atomic E-state index is 10.8. The summed E-state index contributed by atoms with van der Waals surface area (Å²) in [4.78, 5) is 12.8. The average molecular weight is 301 g/mol. The predicted molar refractivity (Wildman–Crippen MR) is 89.3 cm³/mol. The minimum Gasteiger partial charge on any atom is -0.469 e. The summed E-state index contributed by atoms with van der Waals surface area (Å²) < 4.78 is 4.52. The molecule has 0 fully saturated rings. The van der Waals surface area contributed by atoms with Crippen LogP contribution >= 0.6 is 0 Å². The standard InChI is InChI=1S/C14H26O3.C3H9N/c1-4-5-6-9-12(2)13(15)10-7-8-11-14(16)17-3;1-4(2)3/h7-8,12-13,15H,4-6,9-11H2,1-3H3;1-3H3/b8-7+;. The van der Waals surface area contributed by atoms with Gasteiger partial charge in [-0.05, 0) is 39.9 Å². The number of carbonyl (C=O) groups excluding carboxylic acids is 1. The molecule has 0 aliphatic carbocycles. The molecule has 4 heteroatoms. The number of aliphatic hydroxyl groups is 1. The van der Waals surface area contributed by atoms with Gasteiger partial charge in [-0.15, -0.1) is 0 Å². The van der Waals surface area contributed by atoms with E-state index in [1.807, 2.05) is 32.1 Å². The highest BCUT2D eigenvalue weighted by Crippen LogP contribution is 2.16. The topological polar surface area (TPSA) is 49.8 Å². The molecule has 0 amide bonds. The Balaban J connectivity index is 0. The lowest BCUT2D eigenvalue weighted by Crippen LogP contribution is -2.16. The number of ether oxygens (including phenoxy) is 1. The van der Waals surface area contributed by atoms with Crippen LogP contribution in [0.1, 0.15) is 52.4 Å². The van der Waals surface area contributed by atoms with Crippen LogP contribution in [0.15, 0.2) is 12.2 Å². The first-order valence-corrected chi connectivity index (χ1v) is 7.85. The van der Waals surface area contributed by atoms with Gasteiger partial charge in [0.25, 0.3) is 0 Å². The highest BCUT2D eigenvalue weighted by Gasteiger charge is 2.11. The molecule has 0 saturated carbocycles. The number of rotatable bonds is 9. The maximum absolute atomic E-state index is 10.8. The Hall–Kier alpha value is -0.870. The maximum Gasteiger partial charge on any atom is 0.309 e. The van der Waals surface area contributed by atoms with Gasteiger partial charge in [-0.3, -0.25) is 4.79 Å². The molecule has 2 unspecified atom stereocenters. The quantitative estimate of drug-likeness (QED) is 0.403. The van der Waals surface area contributed by atoms with Crippen molar-refractivity contribution in [1.29, 1.82) is 0 Å². The summed E-state index contributed by atoms with van der Waals surface area (Å²) >= 11 is 0. The predicted octanol–water partition coefficient (Wildman–Crippen LogP) is 3.25. The summed E-state index contributed by atoms with van der Waals surface area (Å²) in [6.45, 7) is 4.26. The zero-order valence-corrected chi connectivity index (χ0v) is 14.8. The third kappa shape index (κ3) is 19.1. The van der Waals surface area contributed by atoms with Crippen LogP contribution in [-0.2, 0) is 9.53 Å². The van der Waals surface area contributed by atoms with Crippen molar-refractivity contribution in [1.82, 2.24) is 4.90 Å². The molecule has 0 saturated heterocycles. The summed E-state index contributed by atoms with van der Waals surface area (Å²) in [5.74, 6) is 0.0797. The van der Waals surface area contributed by atoms with E-state index in [-0.39, 0.29) is 18.5 Å². The Bertz CT molecular complexity index is 262. The summed E-state index contributed by atoms with van der Waals surface area (Å²) in [6, 6.07) is 0. The Morgan fingerprint density at radius 1 is 1.24 bits per heavy atom. The Kier molecular flexibility index (Phi) is 16.6. The van der Waals surface area contributed by atoms with Crippen molar-refractivity contribution in [2.45, 2.75) is 58.5 Å². The second-order valence-corrected chi connectivity index (χ2v) is 5.87. The van der Waals surface area contributed by atoms with Crippen molar-refractivity contribution in [2.24, 2.45) is 5.92 Å². The molecule has 0 radical (unpaired) electrons. The first kappa shape index (κ1) is 22.4. The molecule has 0 aliphatic heterocycles. The summed E-state index contributed by atoms with van der Waals surface area (Å²) in [7, 11) is 7.38. The molecule has 2 atom stereocenters. The fourth-order valence-corrected chi connectivity index (χ4v) is 1.64. The fraction of sp³-hybridized carbons (Fsp3) is 0.824. The van der Waals surface area contributed by atoms with Gasteiger partial charge in [0.2, 0.25) is 0 Å². The molecule has 0 aromatic heterocycles. The first-order valence-electron chi connectivity index (χ1n) is 7.85. The van der Waals surface area contributed by atoms with Crippen LogP contribution in [0.4, 0.5) is 0 Å². The van der Waals surface area contributed by atoms with E-state index in [0.717, 1.165) is 6.42 Å². The monoisotopic (exact) mass is 301 g/mol. The molecule has 1 N–H and O–H groups in total. The zero-order valence-electron chi connectivity index (χ0n) is 14.8.